The Labute approximate surface area is 181 Å². The molecule has 0 fully saturated rings. The van der Waals surface area contributed by atoms with Gasteiger partial charge in [0.25, 0.3) is 0 Å². The molecule has 0 aliphatic carbocycles. The zero-order valence-corrected chi connectivity index (χ0v) is 18.0. The predicted molar refractivity (Wildman–Crippen MR) is 121 cm³/mol. The Kier molecular flexibility index (Phi) is 6.44. The minimum atomic E-state index is 0.607. The standard InChI is InChI=1S/C24H24N4OS/c1-18-10-11-19(2)22(15-18)29-13-14-30-24-27-26-23(21-9-6-12-25-16-21)28(24)17-20-7-4-3-5-8-20/h3-12,15-16H,13-14,17H2,1-2H3. The summed E-state index contributed by atoms with van der Waals surface area (Å²) >= 11 is 1.66. The van der Waals surface area contributed by atoms with Gasteiger partial charge in [-0.25, -0.2) is 0 Å². The molecule has 0 bridgehead atoms. The van der Waals surface area contributed by atoms with Crippen molar-refractivity contribution in [3.05, 3.63) is 89.7 Å². The highest BCUT2D eigenvalue weighted by molar-refractivity contribution is 7.99. The van der Waals surface area contributed by atoms with Crippen LogP contribution in [0.4, 0.5) is 0 Å². The lowest BCUT2D eigenvalue weighted by Gasteiger charge is -2.12. The first-order valence-electron chi connectivity index (χ1n) is 9.91. The lowest BCUT2D eigenvalue weighted by Crippen LogP contribution is -2.06. The molecule has 0 N–H and O–H groups in total. The number of ether oxygens (including phenoxy) is 1. The Morgan fingerprint density at radius 2 is 1.83 bits per heavy atom. The third-order valence-corrected chi connectivity index (χ3v) is 5.67. The Morgan fingerprint density at radius 1 is 0.967 bits per heavy atom. The molecule has 0 aliphatic rings. The van der Waals surface area contributed by atoms with Crippen molar-refractivity contribution in [2.75, 3.05) is 12.4 Å². The molecular formula is C24H24N4OS. The van der Waals surface area contributed by atoms with Gasteiger partial charge in [0, 0.05) is 23.7 Å². The van der Waals surface area contributed by atoms with Gasteiger partial charge in [-0.1, -0.05) is 54.2 Å². The summed E-state index contributed by atoms with van der Waals surface area (Å²) in [6.45, 7) is 5.46. The van der Waals surface area contributed by atoms with E-state index in [1.807, 2.05) is 36.5 Å². The lowest BCUT2D eigenvalue weighted by atomic mass is 10.1. The van der Waals surface area contributed by atoms with Crippen LogP contribution in [0.3, 0.4) is 0 Å². The predicted octanol–water partition coefficient (Wildman–Crippen LogP) is 5.18. The van der Waals surface area contributed by atoms with Crippen LogP contribution in [0.25, 0.3) is 11.4 Å². The molecule has 0 saturated carbocycles. The van der Waals surface area contributed by atoms with Gasteiger partial charge in [-0.2, -0.15) is 0 Å². The molecule has 0 spiro atoms. The largest absolute Gasteiger partial charge is 0.492 e. The summed E-state index contributed by atoms with van der Waals surface area (Å²) in [5, 5.41) is 9.79. The van der Waals surface area contributed by atoms with Crippen molar-refractivity contribution in [2.45, 2.75) is 25.5 Å². The molecule has 6 heteroatoms. The molecule has 0 unspecified atom stereocenters. The third-order valence-electron chi connectivity index (χ3n) is 4.74. The van der Waals surface area contributed by atoms with Crippen molar-refractivity contribution in [3.8, 4) is 17.1 Å². The maximum absolute atomic E-state index is 6.00. The average Bonchev–Trinajstić information content (AvgIpc) is 3.17. The SMILES string of the molecule is Cc1ccc(C)c(OCCSc2nnc(-c3cccnc3)n2Cc2ccccc2)c1. The van der Waals surface area contributed by atoms with Crippen molar-refractivity contribution in [1.82, 2.24) is 19.7 Å². The van der Waals surface area contributed by atoms with Crippen molar-refractivity contribution in [1.29, 1.82) is 0 Å². The van der Waals surface area contributed by atoms with Crippen LogP contribution in [0.5, 0.6) is 5.75 Å². The van der Waals surface area contributed by atoms with Gasteiger partial charge in [0.2, 0.25) is 0 Å². The smallest absolute Gasteiger partial charge is 0.191 e. The molecule has 30 heavy (non-hydrogen) atoms. The Bertz CT molecular complexity index is 1100. The molecule has 5 nitrogen and oxygen atoms in total. The zero-order chi connectivity index (χ0) is 20.8. The van der Waals surface area contributed by atoms with E-state index in [0.717, 1.165) is 33.6 Å². The van der Waals surface area contributed by atoms with Gasteiger partial charge in [0.1, 0.15) is 5.75 Å². The van der Waals surface area contributed by atoms with Gasteiger partial charge in [-0.15, -0.1) is 10.2 Å². The van der Waals surface area contributed by atoms with E-state index < -0.39 is 0 Å². The van der Waals surface area contributed by atoms with E-state index in [1.165, 1.54) is 11.1 Å². The zero-order valence-electron chi connectivity index (χ0n) is 17.2. The van der Waals surface area contributed by atoms with Crippen LogP contribution in [-0.4, -0.2) is 32.1 Å². The molecule has 4 aromatic rings. The molecule has 152 valence electrons. The van der Waals surface area contributed by atoms with Gasteiger partial charge < -0.3 is 4.74 Å². The Hall–Kier alpha value is -3.12. The average molecular weight is 417 g/mol. The van der Waals surface area contributed by atoms with E-state index in [4.69, 9.17) is 4.74 Å². The van der Waals surface area contributed by atoms with E-state index in [-0.39, 0.29) is 0 Å². The van der Waals surface area contributed by atoms with Crippen LogP contribution in [-0.2, 0) is 6.54 Å². The number of nitrogens with zero attached hydrogens (tertiary/aromatic N) is 4. The van der Waals surface area contributed by atoms with Gasteiger partial charge >= 0.3 is 0 Å². The highest BCUT2D eigenvalue weighted by atomic mass is 32.2. The van der Waals surface area contributed by atoms with Crippen LogP contribution in [0.1, 0.15) is 16.7 Å². The number of rotatable bonds is 8. The van der Waals surface area contributed by atoms with Crippen molar-refractivity contribution >= 4 is 11.8 Å². The summed E-state index contributed by atoms with van der Waals surface area (Å²) < 4.78 is 8.15. The number of thioether (sulfide) groups is 1. The minimum Gasteiger partial charge on any atom is -0.492 e. The second-order valence-electron chi connectivity index (χ2n) is 7.09. The second kappa shape index (κ2) is 9.59. The van der Waals surface area contributed by atoms with Crippen LogP contribution < -0.4 is 4.74 Å². The van der Waals surface area contributed by atoms with E-state index in [1.54, 1.807) is 18.0 Å². The molecule has 0 atom stereocenters. The van der Waals surface area contributed by atoms with Gasteiger partial charge in [-0.3, -0.25) is 9.55 Å². The van der Waals surface area contributed by atoms with Crippen molar-refractivity contribution in [3.63, 3.8) is 0 Å². The number of aromatic nitrogens is 4. The highest BCUT2D eigenvalue weighted by Crippen LogP contribution is 2.25. The molecule has 0 radical (unpaired) electrons. The van der Waals surface area contributed by atoms with Crippen LogP contribution in [0, 0.1) is 13.8 Å². The monoisotopic (exact) mass is 416 g/mol. The van der Waals surface area contributed by atoms with Crippen LogP contribution >= 0.6 is 11.8 Å². The van der Waals surface area contributed by atoms with Gasteiger partial charge in [0.15, 0.2) is 11.0 Å². The van der Waals surface area contributed by atoms with Crippen LogP contribution in [0.15, 0.2) is 78.2 Å². The van der Waals surface area contributed by atoms with Gasteiger partial charge in [0.05, 0.1) is 13.2 Å². The summed E-state index contributed by atoms with van der Waals surface area (Å²) in [7, 11) is 0. The van der Waals surface area contributed by atoms with E-state index >= 15 is 0 Å². The summed E-state index contributed by atoms with van der Waals surface area (Å²) in [5.41, 5.74) is 4.51. The minimum absolute atomic E-state index is 0.607. The number of hydrogen-bond acceptors (Lipinski definition) is 5. The molecular weight excluding hydrogens is 392 g/mol. The molecule has 2 heterocycles. The quantitative estimate of drug-likeness (QED) is 0.293. The topological polar surface area (TPSA) is 52.8 Å². The number of pyridine rings is 1. The molecule has 0 aliphatic heterocycles. The fourth-order valence-electron chi connectivity index (χ4n) is 3.16. The summed E-state index contributed by atoms with van der Waals surface area (Å²) in [4.78, 5) is 4.23. The molecule has 2 aromatic heterocycles. The summed E-state index contributed by atoms with van der Waals surface area (Å²) in [5.74, 6) is 2.55. The number of hydrogen-bond donors (Lipinski definition) is 0. The second-order valence-corrected chi connectivity index (χ2v) is 8.15. The fraction of sp³-hybridized carbons (Fsp3) is 0.208. The normalized spacial score (nSPS) is 10.9. The lowest BCUT2D eigenvalue weighted by molar-refractivity contribution is 0.341. The first-order valence-corrected chi connectivity index (χ1v) is 10.9. The molecule has 4 rings (SSSR count). The number of aryl methyl sites for hydroxylation is 2. The Morgan fingerprint density at radius 3 is 2.63 bits per heavy atom. The summed E-state index contributed by atoms with van der Waals surface area (Å²) in [6.07, 6.45) is 3.59. The Balaban J connectivity index is 1.49. The van der Waals surface area contributed by atoms with E-state index in [2.05, 4.69) is 63.9 Å². The number of benzene rings is 2. The highest BCUT2D eigenvalue weighted by Gasteiger charge is 2.15. The summed E-state index contributed by atoms with van der Waals surface area (Å²) in [6, 6.07) is 20.6. The van der Waals surface area contributed by atoms with Crippen molar-refractivity contribution < 1.29 is 4.74 Å². The van der Waals surface area contributed by atoms with Gasteiger partial charge in [-0.05, 0) is 48.7 Å². The van der Waals surface area contributed by atoms with E-state index in [9.17, 15) is 0 Å². The first kappa shape index (κ1) is 20.2. The van der Waals surface area contributed by atoms with E-state index in [0.29, 0.717) is 13.2 Å². The molecule has 2 aromatic carbocycles. The molecule has 0 amide bonds. The third kappa shape index (κ3) is 4.89. The molecule has 0 saturated heterocycles. The maximum Gasteiger partial charge on any atom is 0.191 e. The van der Waals surface area contributed by atoms with Crippen LogP contribution in [0.2, 0.25) is 0 Å². The first-order chi connectivity index (χ1) is 14.7. The maximum atomic E-state index is 6.00. The fourth-order valence-corrected chi connectivity index (χ4v) is 3.91. The van der Waals surface area contributed by atoms with Crippen molar-refractivity contribution in [2.24, 2.45) is 0 Å².